The fourth-order valence-corrected chi connectivity index (χ4v) is 4.83. The molecule has 0 bridgehead atoms. The Morgan fingerprint density at radius 1 is 1.10 bits per heavy atom. The smallest absolute Gasteiger partial charge is 0.274 e. The van der Waals surface area contributed by atoms with Crippen molar-refractivity contribution in [3.8, 4) is 0 Å². The second kappa shape index (κ2) is 8.26. The molecule has 0 aromatic heterocycles. The molecular formula is C23H25N3O4. The fraction of sp³-hybridized carbons (Fsp3) is 0.391. The number of anilines is 1. The number of carbonyl (C=O) groups excluding carboxylic acids is 2. The molecule has 1 aliphatic carbocycles. The number of aryl methyl sites for hydroxylation is 1. The maximum atomic E-state index is 13.3. The number of carbonyl (C=O) groups is 2. The van der Waals surface area contributed by atoms with Gasteiger partial charge >= 0.3 is 0 Å². The van der Waals surface area contributed by atoms with Gasteiger partial charge in [-0.05, 0) is 50.3 Å². The van der Waals surface area contributed by atoms with Gasteiger partial charge in [0.2, 0.25) is 5.91 Å². The van der Waals surface area contributed by atoms with Gasteiger partial charge in [-0.1, -0.05) is 37.1 Å². The Hall–Kier alpha value is -3.22. The SMILES string of the molecule is Cc1ccc(NC(=O)C2CC3CCCCC3N2C(=O)c2ccccc2)cc1[N+](=O)[O-]. The molecule has 1 N–H and O–H groups in total. The molecule has 2 aliphatic rings. The Morgan fingerprint density at radius 3 is 2.57 bits per heavy atom. The van der Waals surface area contributed by atoms with Crippen LogP contribution in [0.1, 0.15) is 48.0 Å². The summed E-state index contributed by atoms with van der Waals surface area (Å²) in [6.07, 6.45) is 4.72. The van der Waals surface area contributed by atoms with Gasteiger partial charge in [0.1, 0.15) is 6.04 Å². The number of fused-ring (bicyclic) bond motifs is 1. The third kappa shape index (κ3) is 3.79. The predicted octanol–water partition coefficient (Wildman–Crippen LogP) is 4.32. The van der Waals surface area contributed by atoms with Crippen molar-refractivity contribution in [1.29, 1.82) is 0 Å². The first kappa shape index (κ1) is 20.1. The zero-order valence-electron chi connectivity index (χ0n) is 16.9. The highest BCUT2D eigenvalue weighted by Gasteiger charge is 2.47. The van der Waals surface area contributed by atoms with Crippen LogP contribution in [0, 0.1) is 23.0 Å². The molecule has 4 rings (SSSR count). The highest BCUT2D eigenvalue weighted by molar-refractivity contribution is 6.02. The average molecular weight is 407 g/mol. The molecule has 1 heterocycles. The van der Waals surface area contributed by atoms with Crippen LogP contribution >= 0.6 is 0 Å². The summed E-state index contributed by atoms with van der Waals surface area (Å²) in [5.74, 6) is -0.0959. The molecule has 2 aromatic rings. The molecule has 3 atom stereocenters. The minimum Gasteiger partial charge on any atom is -0.324 e. The molecular weight excluding hydrogens is 382 g/mol. The fourth-order valence-electron chi connectivity index (χ4n) is 4.83. The van der Waals surface area contributed by atoms with Crippen LogP contribution in [0.5, 0.6) is 0 Å². The van der Waals surface area contributed by atoms with E-state index in [1.54, 1.807) is 36.1 Å². The summed E-state index contributed by atoms with van der Waals surface area (Å²) in [6.45, 7) is 1.66. The Balaban J connectivity index is 1.60. The van der Waals surface area contributed by atoms with Crippen molar-refractivity contribution >= 4 is 23.2 Å². The number of rotatable bonds is 4. The van der Waals surface area contributed by atoms with Crippen molar-refractivity contribution in [1.82, 2.24) is 4.90 Å². The second-order valence-electron chi connectivity index (χ2n) is 8.19. The lowest BCUT2D eigenvalue weighted by atomic mass is 9.84. The summed E-state index contributed by atoms with van der Waals surface area (Å²) in [5, 5.41) is 14.0. The third-order valence-corrected chi connectivity index (χ3v) is 6.32. The maximum Gasteiger partial charge on any atom is 0.274 e. The highest BCUT2D eigenvalue weighted by Crippen LogP contribution is 2.41. The number of nitro benzene ring substituents is 1. The Kier molecular flexibility index (Phi) is 5.53. The summed E-state index contributed by atoms with van der Waals surface area (Å²) in [5.41, 5.74) is 1.45. The van der Waals surface area contributed by atoms with Gasteiger partial charge in [-0.15, -0.1) is 0 Å². The van der Waals surface area contributed by atoms with Gasteiger partial charge in [-0.3, -0.25) is 19.7 Å². The number of nitro groups is 1. The molecule has 2 fully saturated rings. The van der Waals surface area contributed by atoms with Gasteiger partial charge in [0.25, 0.3) is 11.6 Å². The number of hydrogen-bond donors (Lipinski definition) is 1. The maximum absolute atomic E-state index is 13.3. The molecule has 0 spiro atoms. The first-order valence-corrected chi connectivity index (χ1v) is 10.4. The summed E-state index contributed by atoms with van der Waals surface area (Å²) >= 11 is 0. The van der Waals surface area contributed by atoms with Gasteiger partial charge in [0.05, 0.1) is 4.92 Å². The molecule has 30 heavy (non-hydrogen) atoms. The number of nitrogens with zero attached hydrogens (tertiary/aromatic N) is 2. The minimum absolute atomic E-state index is 0.0369. The van der Waals surface area contributed by atoms with E-state index in [4.69, 9.17) is 0 Å². The van der Waals surface area contributed by atoms with Crippen LogP contribution in [0.3, 0.4) is 0 Å². The summed E-state index contributed by atoms with van der Waals surface area (Å²) in [6, 6.07) is 13.2. The van der Waals surface area contributed by atoms with Crippen LogP contribution < -0.4 is 5.32 Å². The first-order chi connectivity index (χ1) is 14.5. The van der Waals surface area contributed by atoms with E-state index in [1.165, 1.54) is 6.07 Å². The number of nitrogens with one attached hydrogen (secondary N) is 1. The van der Waals surface area contributed by atoms with E-state index in [1.807, 2.05) is 18.2 Å². The second-order valence-corrected chi connectivity index (χ2v) is 8.19. The van der Waals surface area contributed by atoms with Crippen molar-refractivity contribution in [2.45, 2.75) is 51.1 Å². The standard InChI is InChI=1S/C23H25N3O4/c1-15-11-12-18(14-20(15)26(29)30)24-22(27)21-13-17-9-5-6-10-19(17)25(21)23(28)16-7-3-2-4-8-16/h2-4,7-8,11-12,14,17,19,21H,5-6,9-10,13H2,1H3,(H,24,27). The molecule has 1 saturated heterocycles. The largest absolute Gasteiger partial charge is 0.324 e. The molecule has 0 radical (unpaired) electrons. The van der Waals surface area contributed by atoms with Gasteiger partial charge < -0.3 is 10.2 Å². The lowest BCUT2D eigenvalue weighted by molar-refractivity contribution is -0.385. The van der Waals surface area contributed by atoms with E-state index >= 15 is 0 Å². The van der Waals surface area contributed by atoms with E-state index < -0.39 is 11.0 Å². The van der Waals surface area contributed by atoms with E-state index in [0.717, 1.165) is 25.7 Å². The van der Waals surface area contributed by atoms with Crippen LogP contribution in [-0.2, 0) is 4.79 Å². The zero-order valence-corrected chi connectivity index (χ0v) is 16.9. The van der Waals surface area contributed by atoms with E-state index in [9.17, 15) is 19.7 Å². The van der Waals surface area contributed by atoms with Crippen LogP contribution in [-0.4, -0.2) is 33.7 Å². The summed E-state index contributed by atoms with van der Waals surface area (Å²) in [7, 11) is 0. The van der Waals surface area contributed by atoms with Crippen LogP contribution in [0.4, 0.5) is 11.4 Å². The highest BCUT2D eigenvalue weighted by atomic mass is 16.6. The lowest BCUT2D eigenvalue weighted by Gasteiger charge is -2.33. The van der Waals surface area contributed by atoms with Crippen molar-refractivity contribution in [3.05, 3.63) is 69.8 Å². The average Bonchev–Trinajstić information content (AvgIpc) is 3.14. The van der Waals surface area contributed by atoms with Crippen LogP contribution in [0.15, 0.2) is 48.5 Å². The molecule has 156 valence electrons. The summed E-state index contributed by atoms with van der Waals surface area (Å²) in [4.78, 5) is 39.0. The monoisotopic (exact) mass is 407 g/mol. The van der Waals surface area contributed by atoms with Crippen LogP contribution in [0.2, 0.25) is 0 Å². The number of benzene rings is 2. The molecule has 2 aromatic carbocycles. The lowest BCUT2D eigenvalue weighted by Crippen LogP contribution is -2.47. The van der Waals surface area contributed by atoms with E-state index in [0.29, 0.717) is 29.2 Å². The molecule has 1 saturated carbocycles. The number of likely N-dealkylation sites (tertiary alicyclic amines) is 1. The van der Waals surface area contributed by atoms with Gasteiger partial charge in [0.15, 0.2) is 0 Å². The quantitative estimate of drug-likeness (QED) is 0.604. The number of amides is 2. The van der Waals surface area contributed by atoms with Gasteiger partial charge in [-0.2, -0.15) is 0 Å². The summed E-state index contributed by atoms with van der Waals surface area (Å²) < 4.78 is 0. The van der Waals surface area contributed by atoms with Crippen molar-refractivity contribution in [3.63, 3.8) is 0 Å². The zero-order chi connectivity index (χ0) is 21.3. The van der Waals surface area contributed by atoms with Crippen molar-refractivity contribution in [2.75, 3.05) is 5.32 Å². The number of hydrogen-bond acceptors (Lipinski definition) is 4. The van der Waals surface area contributed by atoms with Crippen molar-refractivity contribution < 1.29 is 14.5 Å². The first-order valence-electron chi connectivity index (χ1n) is 10.4. The van der Waals surface area contributed by atoms with E-state index in [-0.39, 0.29) is 23.5 Å². The molecule has 3 unspecified atom stereocenters. The van der Waals surface area contributed by atoms with Gasteiger partial charge in [0, 0.05) is 28.9 Å². The minimum atomic E-state index is -0.578. The molecule has 2 amide bonds. The molecule has 1 aliphatic heterocycles. The molecule has 7 nitrogen and oxygen atoms in total. The Morgan fingerprint density at radius 2 is 1.83 bits per heavy atom. The molecule has 7 heteroatoms. The Labute approximate surface area is 175 Å². The van der Waals surface area contributed by atoms with Crippen molar-refractivity contribution in [2.24, 2.45) is 5.92 Å². The van der Waals surface area contributed by atoms with Gasteiger partial charge in [-0.25, -0.2) is 0 Å². The third-order valence-electron chi connectivity index (χ3n) is 6.32. The Bertz CT molecular complexity index is 976. The topological polar surface area (TPSA) is 92.6 Å². The van der Waals surface area contributed by atoms with Crippen LogP contribution in [0.25, 0.3) is 0 Å². The van der Waals surface area contributed by atoms with E-state index in [2.05, 4.69) is 5.32 Å². The normalized spacial score (nSPS) is 23.0. The predicted molar refractivity (Wildman–Crippen MR) is 113 cm³/mol.